The van der Waals surface area contributed by atoms with E-state index in [1.54, 1.807) is 13.2 Å². The number of hydrogen-bond donors (Lipinski definition) is 2. The number of rotatable bonds is 7. The van der Waals surface area contributed by atoms with Gasteiger partial charge in [0, 0.05) is 31.8 Å². The Balaban J connectivity index is 1.75. The van der Waals surface area contributed by atoms with Crippen molar-refractivity contribution in [1.29, 1.82) is 0 Å². The smallest absolute Gasteiger partial charge is 0.257 e. The molecule has 4 aromatic rings. The molecule has 1 amide bonds. The number of nitrogens with one attached hydrogen (secondary N) is 1. The molecular weight excluding hydrogens is 402 g/mol. The van der Waals surface area contributed by atoms with Gasteiger partial charge in [0.2, 0.25) is 0 Å². The Morgan fingerprint density at radius 2 is 1.83 bits per heavy atom. The van der Waals surface area contributed by atoms with E-state index in [-0.39, 0.29) is 12.5 Å². The van der Waals surface area contributed by atoms with Gasteiger partial charge < -0.3 is 20.4 Å². The van der Waals surface area contributed by atoms with Gasteiger partial charge in [0.05, 0.1) is 11.0 Å². The third kappa shape index (κ3) is 3.81. The van der Waals surface area contributed by atoms with E-state index in [1.807, 2.05) is 47.0 Å². The van der Waals surface area contributed by atoms with Gasteiger partial charge in [-0.25, -0.2) is 9.97 Å². The van der Waals surface area contributed by atoms with Crippen molar-refractivity contribution in [1.82, 2.24) is 19.9 Å². The molecule has 7 nitrogen and oxygen atoms in total. The molecular formula is C22H22ClN5O2. The number of halogens is 1. The SMILES string of the molecule is COCCCn1c(N)c(C(=O)NCc2ccccc2Cl)c2nc3ccccc3nc21. The van der Waals surface area contributed by atoms with Crippen molar-refractivity contribution in [3.05, 3.63) is 64.7 Å². The molecule has 4 rings (SSSR count). The maximum absolute atomic E-state index is 13.1. The number of nitrogen functional groups attached to an aromatic ring is 1. The Kier molecular flexibility index (Phi) is 5.83. The maximum Gasteiger partial charge on any atom is 0.257 e. The van der Waals surface area contributed by atoms with Crippen molar-refractivity contribution in [2.75, 3.05) is 19.5 Å². The summed E-state index contributed by atoms with van der Waals surface area (Å²) in [5.41, 5.74) is 10.1. The molecule has 0 radical (unpaired) electrons. The van der Waals surface area contributed by atoms with Crippen LogP contribution >= 0.6 is 11.6 Å². The van der Waals surface area contributed by atoms with Gasteiger partial charge >= 0.3 is 0 Å². The third-order valence-corrected chi connectivity index (χ3v) is 5.31. The molecule has 30 heavy (non-hydrogen) atoms. The first-order valence-electron chi connectivity index (χ1n) is 9.65. The van der Waals surface area contributed by atoms with Crippen molar-refractivity contribution in [3.63, 3.8) is 0 Å². The lowest BCUT2D eigenvalue weighted by atomic mass is 10.2. The predicted octanol–water partition coefficient (Wildman–Crippen LogP) is 3.79. The van der Waals surface area contributed by atoms with E-state index in [0.717, 1.165) is 17.5 Å². The lowest BCUT2D eigenvalue weighted by Gasteiger charge is -2.08. The zero-order valence-electron chi connectivity index (χ0n) is 16.6. The van der Waals surface area contributed by atoms with Crippen LogP contribution < -0.4 is 11.1 Å². The van der Waals surface area contributed by atoms with Gasteiger partial charge in [0.15, 0.2) is 5.65 Å². The Morgan fingerprint density at radius 1 is 1.13 bits per heavy atom. The van der Waals surface area contributed by atoms with E-state index < -0.39 is 0 Å². The number of carbonyl (C=O) groups excluding carboxylic acids is 1. The number of carbonyl (C=O) groups is 1. The second-order valence-corrected chi connectivity index (χ2v) is 7.32. The largest absolute Gasteiger partial charge is 0.385 e. The van der Waals surface area contributed by atoms with E-state index in [2.05, 4.69) is 5.32 Å². The van der Waals surface area contributed by atoms with Gasteiger partial charge in [0.25, 0.3) is 5.91 Å². The zero-order valence-corrected chi connectivity index (χ0v) is 17.3. The molecule has 2 heterocycles. The minimum absolute atomic E-state index is 0.287. The highest BCUT2D eigenvalue weighted by atomic mass is 35.5. The van der Waals surface area contributed by atoms with Crippen molar-refractivity contribution in [3.8, 4) is 0 Å². The van der Waals surface area contributed by atoms with Gasteiger partial charge in [-0.3, -0.25) is 4.79 Å². The summed E-state index contributed by atoms with van der Waals surface area (Å²) in [6.07, 6.45) is 0.736. The summed E-state index contributed by atoms with van der Waals surface area (Å²) in [7, 11) is 1.65. The Hall–Kier alpha value is -3.16. The average Bonchev–Trinajstić information content (AvgIpc) is 3.02. The van der Waals surface area contributed by atoms with Gasteiger partial charge in [-0.2, -0.15) is 0 Å². The number of para-hydroxylation sites is 2. The standard InChI is InChI=1S/C22H22ClN5O2/c1-30-12-6-11-28-20(24)18(22(29)25-13-14-7-2-3-8-15(14)23)19-21(28)27-17-10-5-4-9-16(17)26-19/h2-5,7-10H,6,11-13,24H2,1H3,(H,25,29). The fraction of sp³-hybridized carbons (Fsp3) is 0.227. The van der Waals surface area contributed by atoms with Crippen LogP contribution in [0.3, 0.4) is 0 Å². The van der Waals surface area contributed by atoms with Crippen LogP contribution in [0.15, 0.2) is 48.5 Å². The summed E-state index contributed by atoms with van der Waals surface area (Å²) in [5, 5.41) is 3.50. The van der Waals surface area contributed by atoms with Crippen molar-refractivity contribution in [2.45, 2.75) is 19.5 Å². The molecule has 0 aliphatic heterocycles. The monoisotopic (exact) mass is 423 g/mol. The molecule has 0 fully saturated rings. The molecule has 0 aliphatic rings. The molecule has 0 saturated carbocycles. The molecule has 0 spiro atoms. The van der Waals surface area contributed by atoms with Gasteiger partial charge in [-0.05, 0) is 30.2 Å². The van der Waals surface area contributed by atoms with Crippen LogP contribution in [0.2, 0.25) is 5.02 Å². The summed E-state index contributed by atoms with van der Waals surface area (Å²) < 4.78 is 6.99. The first-order chi connectivity index (χ1) is 14.6. The molecule has 0 unspecified atom stereocenters. The lowest BCUT2D eigenvalue weighted by molar-refractivity contribution is 0.0953. The number of nitrogens with two attached hydrogens (primary N) is 1. The Bertz CT molecular complexity index is 1220. The number of amides is 1. The Morgan fingerprint density at radius 3 is 2.57 bits per heavy atom. The molecule has 3 N–H and O–H groups in total. The fourth-order valence-electron chi connectivity index (χ4n) is 3.44. The van der Waals surface area contributed by atoms with Crippen LogP contribution in [-0.2, 0) is 17.8 Å². The Labute approximate surface area is 178 Å². The number of fused-ring (bicyclic) bond motifs is 2. The van der Waals surface area contributed by atoms with Crippen LogP contribution in [-0.4, -0.2) is 34.2 Å². The number of methoxy groups -OCH3 is 1. The minimum atomic E-state index is -0.313. The van der Waals surface area contributed by atoms with E-state index in [9.17, 15) is 4.79 Å². The lowest BCUT2D eigenvalue weighted by Crippen LogP contribution is -2.24. The number of hydrogen-bond acceptors (Lipinski definition) is 5. The topological polar surface area (TPSA) is 95.1 Å². The molecule has 2 aromatic carbocycles. The normalized spacial score (nSPS) is 11.3. The van der Waals surface area contributed by atoms with Gasteiger partial charge in [-0.1, -0.05) is 41.9 Å². The van der Waals surface area contributed by atoms with Crippen LogP contribution in [0.5, 0.6) is 0 Å². The molecule has 8 heteroatoms. The van der Waals surface area contributed by atoms with Gasteiger partial charge in [-0.15, -0.1) is 0 Å². The summed E-state index contributed by atoms with van der Waals surface area (Å²) in [5.74, 6) is 0.0283. The molecule has 2 aromatic heterocycles. The number of anilines is 1. The highest BCUT2D eigenvalue weighted by Gasteiger charge is 2.23. The van der Waals surface area contributed by atoms with E-state index in [4.69, 9.17) is 32.0 Å². The summed E-state index contributed by atoms with van der Waals surface area (Å²) in [4.78, 5) is 22.5. The highest BCUT2D eigenvalue weighted by Crippen LogP contribution is 2.28. The first kappa shape index (κ1) is 20.1. The average molecular weight is 424 g/mol. The minimum Gasteiger partial charge on any atom is -0.385 e. The summed E-state index contributed by atoms with van der Waals surface area (Å²) in [6, 6.07) is 14.9. The first-order valence-corrected chi connectivity index (χ1v) is 10.0. The van der Waals surface area contributed by atoms with E-state index in [1.165, 1.54) is 0 Å². The molecule has 0 aliphatic carbocycles. The summed E-state index contributed by atoms with van der Waals surface area (Å²) in [6.45, 7) is 1.43. The van der Waals surface area contributed by atoms with Crippen LogP contribution in [0.4, 0.5) is 5.82 Å². The second kappa shape index (κ2) is 8.69. The van der Waals surface area contributed by atoms with E-state index in [0.29, 0.717) is 46.2 Å². The molecule has 0 saturated heterocycles. The quantitative estimate of drug-likeness (QED) is 0.441. The number of aryl methyl sites for hydroxylation is 1. The van der Waals surface area contributed by atoms with Gasteiger partial charge in [0.1, 0.15) is 16.9 Å². The van der Waals surface area contributed by atoms with Crippen LogP contribution in [0, 0.1) is 0 Å². The number of benzene rings is 2. The zero-order chi connectivity index (χ0) is 21.1. The predicted molar refractivity (Wildman–Crippen MR) is 119 cm³/mol. The number of ether oxygens (including phenoxy) is 1. The van der Waals surface area contributed by atoms with Crippen molar-refractivity contribution in [2.24, 2.45) is 0 Å². The summed E-state index contributed by atoms with van der Waals surface area (Å²) >= 11 is 6.21. The maximum atomic E-state index is 13.1. The van der Waals surface area contributed by atoms with Crippen molar-refractivity contribution < 1.29 is 9.53 Å². The van der Waals surface area contributed by atoms with Crippen LogP contribution in [0.25, 0.3) is 22.2 Å². The van der Waals surface area contributed by atoms with E-state index >= 15 is 0 Å². The molecule has 0 atom stereocenters. The van der Waals surface area contributed by atoms with Crippen molar-refractivity contribution >= 4 is 45.5 Å². The second-order valence-electron chi connectivity index (χ2n) is 6.92. The molecule has 154 valence electrons. The number of nitrogens with zero attached hydrogens (tertiary/aromatic N) is 3. The highest BCUT2D eigenvalue weighted by molar-refractivity contribution is 6.31. The third-order valence-electron chi connectivity index (χ3n) is 4.95. The fourth-order valence-corrected chi connectivity index (χ4v) is 3.64. The molecule has 0 bridgehead atoms. The van der Waals surface area contributed by atoms with Crippen LogP contribution in [0.1, 0.15) is 22.3 Å². The number of aromatic nitrogens is 3.